The quantitative estimate of drug-likeness (QED) is 0.329. The fourth-order valence-corrected chi connectivity index (χ4v) is 2.84. The molecule has 0 saturated carbocycles. The molecule has 2 aromatic rings. The van der Waals surface area contributed by atoms with Gasteiger partial charge in [0.05, 0.1) is 18.8 Å². The van der Waals surface area contributed by atoms with E-state index in [1.54, 1.807) is 36.4 Å². The average molecular weight is 398 g/mol. The van der Waals surface area contributed by atoms with Gasteiger partial charge in [-0.2, -0.15) is 0 Å². The smallest absolute Gasteiger partial charge is 0.328 e. The van der Waals surface area contributed by atoms with Crippen molar-refractivity contribution in [2.75, 3.05) is 13.2 Å². The van der Waals surface area contributed by atoms with Gasteiger partial charge in [-0.1, -0.05) is 25.5 Å². The summed E-state index contributed by atoms with van der Waals surface area (Å²) in [6.45, 7) is 4.24. The van der Waals surface area contributed by atoms with Crippen molar-refractivity contribution in [1.82, 2.24) is 0 Å². The molecule has 0 heterocycles. The Bertz CT molecular complexity index is 885. The maximum absolute atomic E-state index is 11.6. The highest BCUT2D eigenvalue weighted by Crippen LogP contribution is 2.33. The Morgan fingerprint density at radius 3 is 2.55 bits per heavy atom. The summed E-state index contributed by atoms with van der Waals surface area (Å²) >= 11 is 0. The molecule has 29 heavy (non-hydrogen) atoms. The third-order valence-electron chi connectivity index (χ3n) is 4.21. The number of phenolic OH excluding ortho intramolecular Hbond substituents is 1. The first-order chi connectivity index (χ1) is 13.9. The second kappa shape index (κ2) is 10.9. The zero-order chi connectivity index (χ0) is 21.2. The summed E-state index contributed by atoms with van der Waals surface area (Å²) < 4.78 is 11.5. The van der Waals surface area contributed by atoms with Crippen molar-refractivity contribution in [3.8, 4) is 17.2 Å². The van der Waals surface area contributed by atoms with E-state index in [1.807, 2.05) is 6.92 Å². The highest BCUT2D eigenvalue weighted by Gasteiger charge is 2.15. The van der Waals surface area contributed by atoms with Gasteiger partial charge in [0.15, 0.2) is 5.78 Å². The van der Waals surface area contributed by atoms with Crippen LogP contribution in [0.1, 0.15) is 48.2 Å². The molecule has 0 aliphatic heterocycles. The number of rotatable bonds is 11. The predicted octanol–water partition coefficient (Wildman–Crippen LogP) is 4.49. The topological polar surface area (TPSA) is 93.1 Å². The van der Waals surface area contributed by atoms with Crippen LogP contribution in [0.3, 0.4) is 0 Å². The van der Waals surface area contributed by atoms with Gasteiger partial charge in [-0.05, 0) is 49.2 Å². The Morgan fingerprint density at radius 2 is 1.86 bits per heavy atom. The summed E-state index contributed by atoms with van der Waals surface area (Å²) in [6.07, 6.45) is 4.64. The maximum atomic E-state index is 11.6. The van der Waals surface area contributed by atoms with E-state index in [9.17, 15) is 14.7 Å². The van der Waals surface area contributed by atoms with E-state index in [0.29, 0.717) is 48.7 Å². The van der Waals surface area contributed by atoms with Crippen LogP contribution in [0.4, 0.5) is 0 Å². The van der Waals surface area contributed by atoms with E-state index in [-0.39, 0.29) is 11.5 Å². The number of aliphatic carboxylic acids is 1. The van der Waals surface area contributed by atoms with Crippen LogP contribution in [-0.4, -0.2) is 35.2 Å². The second-order valence-corrected chi connectivity index (χ2v) is 6.54. The van der Waals surface area contributed by atoms with Crippen LogP contribution in [0.5, 0.6) is 17.2 Å². The summed E-state index contributed by atoms with van der Waals surface area (Å²) in [5, 5.41) is 19.0. The fraction of sp³-hybridized carbons (Fsp3) is 0.304. The lowest BCUT2D eigenvalue weighted by Crippen LogP contribution is -2.07. The molecule has 2 N–H and O–H groups in total. The summed E-state index contributed by atoms with van der Waals surface area (Å²) in [4.78, 5) is 22.2. The van der Waals surface area contributed by atoms with E-state index in [0.717, 1.165) is 18.1 Å². The van der Waals surface area contributed by atoms with Crippen molar-refractivity contribution >= 4 is 17.8 Å². The second-order valence-electron chi connectivity index (χ2n) is 6.54. The van der Waals surface area contributed by atoms with Crippen LogP contribution in [-0.2, 0) is 11.2 Å². The van der Waals surface area contributed by atoms with Crippen LogP contribution in [0, 0.1) is 0 Å². The van der Waals surface area contributed by atoms with Gasteiger partial charge in [0.1, 0.15) is 17.2 Å². The van der Waals surface area contributed by atoms with Crippen LogP contribution >= 0.6 is 0 Å². The van der Waals surface area contributed by atoms with E-state index < -0.39 is 5.97 Å². The molecule has 0 fully saturated rings. The Balaban J connectivity index is 1.89. The van der Waals surface area contributed by atoms with Crippen LogP contribution < -0.4 is 9.47 Å². The van der Waals surface area contributed by atoms with Crippen LogP contribution in [0.2, 0.25) is 0 Å². The summed E-state index contributed by atoms with van der Waals surface area (Å²) in [5.41, 5.74) is 1.70. The molecule has 2 rings (SSSR count). The zero-order valence-corrected chi connectivity index (χ0v) is 16.7. The van der Waals surface area contributed by atoms with Gasteiger partial charge >= 0.3 is 5.97 Å². The number of carbonyl (C=O) groups is 2. The highest BCUT2D eigenvalue weighted by molar-refractivity contribution is 5.97. The van der Waals surface area contributed by atoms with Gasteiger partial charge in [-0.25, -0.2) is 4.79 Å². The molecular formula is C23H26O6. The summed E-state index contributed by atoms with van der Waals surface area (Å²) in [5.74, 6) is 0.0423. The molecule has 0 amide bonds. The van der Waals surface area contributed by atoms with Crippen molar-refractivity contribution in [2.45, 2.75) is 33.1 Å². The first-order valence-electron chi connectivity index (χ1n) is 9.54. The maximum Gasteiger partial charge on any atom is 0.328 e. The van der Waals surface area contributed by atoms with Gasteiger partial charge in [0.25, 0.3) is 0 Å². The van der Waals surface area contributed by atoms with Crippen molar-refractivity contribution in [2.24, 2.45) is 0 Å². The molecule has 6 nitrogen and oxygen atoms in total. The number of aromatic hydroxyl groups is 1. The van der Waals surface area contributed by atoms with E-state index in [1.165, 1.54) is 13.0 Å². The minimum absolute atomic E-state index is 0.000620. The molecule has 2 aromatic carbocycles. The molecule has 0 atom stereocenters. The SMILES string of the molecule is CCCc1c(OCCCOc2cccc(C=CC(=O)O)c2)ccc(C(C)=O)c1O. The molecule has 0 aromatic heterocycles. The molecule has 0 unspecified atom stereocenters. The van der Waals surface area contributed by atoms with Gasteiger partial charge in [0, 0.05) is 18.1 Å². The zero-order valence-electron chi connectivity index (χ0n) is 16.7. The molecule has 0 radical (unpaired) electrons. The number of carboxylic acids is 1. The van der Waals surface area contributed by atoms with Gasteiger partial charge < -0.3 is 19.7 Å². The number of ether oxygens (including phenoxy) is 2. The first kappa shape index (κ1) is 22.0. The number of Topliss-reactive ketones (excluding diaryl/α,β-unsaturated/α-hetero) is 1. The van der Waals surface area contributed by atoms with E-state index >= 15 is 0 Å². The van der Waals surface area contributed by atoms with Gasteiger partial charge in [-0.3, -0.25) is 4.79 Å². The Hall–Kier alpha value is -3.28. The Kier molecular flexibility index (Phi) is 8.27. The summed E-state index contributed by atoms with van der Waals surface area (Å²) in [6, 6.07) is 10.5. The molecule has 154 valence electrons. The number of hydrogen-bond acceptors (Lipinski definition) is 5. The lowest BCUT2D eigenvalue weighted by molar-refractivity contribution is -0.131. The van der Waals surface area contributed by atoms with Gasteiger partial charge in [-0.15, -0.1) is 0 Å². The fourth-order valence-electron chi connectivity index (χ4n) is 2.84. The molecular weight excluding hydrogens is 372 g/mol. The lowest BCUT2D eigenvalue weighted by atomic mass is 10.0. The molecule has 0 spiro atoms. The lowest BCUT2D eigenvalue weighted by Gasteiger charge is -2.15. The van der Waals surface area contributed by atoms with Crippen LogP contribution in [0.25, 0.3) is 6.08 Å². The van der Waals surface area contributed by atoms with Crippen molar-refractivity contribution in [3.05, 3.63) is 59.2 Å². The molecule has 0 bridgehead atoms. The van der Waals surface area contributed by atoms with Crippen molar-refractivity contribution in [3.63, 3.8) is 0 Å². The normalized spacial score (nSPS) is 10.8. The minimum Gasteiger partial charge on any atom is -0.507 e. The van der Waals surface area contributed by atoms with Gasteiger partial charge in [0.2, 0.25) is 0 Å². The molecule has 0 saturated heterocycles. The number of carboxylic acid groups (broad SMARTS) is 1. The molecule has 0 aliphatic rings. The van der Waals surface area contributed by atoms with E-state index in [2.05, 4.69) is 0 Å². The largest absolute Gasteiger partial charge is 0.507 e. The number of benzene rings is 2. The number of hydrogen-bond donors (Lipinski definition) is 2. The van der Waals surface area contributed by atoms with Crippen LogP contribution in [0.15, 0.2) is 42.5 Å². The molecule has 6 heteroatoms. The monoisotopic (exact) mass is 398 g/mol. The third kappa shape index (κ3) is 6.68. The van der Waals surface area contributed by atoms with Crippen molar-refractivity contribution in [1.29, 1.82) is 0 Å². The van der Waals surface area contributed by atoms with Crippen molar-refractivity contribution < 1.29 is 29.3 Å². The number of phenols is 1. The highest BCUT2D eigenvalue weighted by atomic mass is 16.5. The Morgan fingerprint density at radius 1 is 1.10 bits per heavy atom. The average Bonchev–Trinajstić information content (AvgIpc) is 2.68. The standard InChI is InChI=1S/C23H26O6/c1-3-6-20-21(11-10-19(16(2)24)23(20)27)29-14-5-13-28-18-8-4-7-17(15-18)9-12-22(25)26/h4,7-12,15,27H,3,5-6,13-14H2,1-2H3,(H,25,26). The number of ketones is 1. The first-order valence-corrected chi connectivity index (χ1v) is 9.54. The Labute approximate surface area is 170 Å². The third-order valence-corrected chi connectivity index (χ3v) is 4.21. The summed E-state index contributed by atoms with van der Waals surface area (Å²) in [7, 11) is 0. The minimum atomic E-state index is -1.00. The number of carbonyl (C=O) groups excluding carboxylic acids is 1. The van der Waals surface area contributed by atoms with E-state index in [4.69, 9.17) is 14.6 Å². The molecule has 0 aliphatic carbocycles. The predicted molar refractivity (Wildman–Crippen MR) is 111 cm³/mol.